The normalized spacial score (nSPS) is 10.2. The van der Waals surface area contributed by atoms with Crippen LogP contribution in [0.3, 0.4) is 0 Å². The molecule has 0 saturated heterocycles. The fourth-order valence-electron chi connectivity index (χ4n) is 1.53. The average molecular weight is 248 g/mol. The minimum Gasteiger partial charge on any atom is -0.476 e. The topological polar surface area (TPSA) is 62.2 Å². The minimum absolute atomic E-state index is 0.0858. The van der Waals surface area contributed by atoms with E-state index < -0.39 is 5.97 Å². The second kappa shape index (κ2) is 4.97. The quantitative estimate of drug-likeness (QED) is 0.873. The first-order chi connectivity index (χ1) is 8.16. The van der Waals surface area contributed by atoms with E-state index in [0.717, 1.165) is 5.56 Å². The highest BCUT2D eigenvalue weighted by molar-refractivity contribution is 7.14. The Kier molecular flexibility index (Phi) is 3.39. The summed E-state index contributed by atoms with van der Waals surface area (Å²) in [4.78, 5) is 14.7. The number of nitrogens with one attached hydrogen (secondary N) is 1. The number of hydrogen-bond acceptors (Lipinski definition) is 4. The summed E-state index contributed by atoms with van der Waals surface area (Å²) in [5, 5.41) is 12.6. The van der Waals surface area contributed by atoms with Crippen molar-refractivity contribution in [3.63, 3.8) is 0 Å². The number of rotatable bonds is 4. The number of aromatic nitrogens is 1. The van der Waals surface area contributed by atoms with Crippen LogP contribution in [0.15, 0.2) is 29.8 Å². The summed E-state index contributed by atoms with van der Waals surface area (Å²) in [6.45, 7) is 2.63. The zero-order chi connectivity index (χ0) is 12.3. The van der Waals surface area contributed by atoms with Crippen molar-refractivity contribution in [1.29, 1.82) is 0 Å². The Hall–Kier alpha value is -1.88. The molecule has 0 unspecified atom stereocenters. The molecule has 5 heteroatoms. The number of aryl methyl sites for hydroxylation is 1. The Morgan fingerprint density at radius 1 is 1.53 bits per heavy atom. The van der Waals surface area contributed by atoms with Gasteiger partial charge in [-0.3, -0.25) is 0 Å². The van der Waals surface area contributed by atoms with Crippen LogP contribution < -0.4 is 5.32 Å². The summed E-state index contributed by atoms with van der Waals surface area (Å²) in [6.07, 6.45) is 0. The van der Waals surface area contributed by atoms with Gasteiger partial charge < -0.3 is 10.4 Å². The number of carboxylic acid groups (broad SMARTS) is 1. The van der Waals surface area contributed by atoms with Crippen molar-refractivity contribution >= 4 is 22.3 Å². The molecule has 0 bridgehead atoms. The lowest BCUT2D eigenvalue weighted by atomic mass is 10.1. The number of nitrogens with zero attached hydrogens (tertiary/aromatic N) is 1. The van der Waals surface area contributed by atoms with Crippen molar-refractivity contribution in [2.75, 3.05) is 5.32 Å². The van der Waals surface area contributed by atoms with Gasteiger partial charge in [-0.15, -0.1) is 11.3 Å². The fraction of sp³-hybridized carbons (Fsp3) is 0.167. The first kappa shape index (κ1) is 11.6. The maximum atomic E-state index is 10.9. The Balaban J connectivity index is 2.07. The molecule has 1 heterocycles. The predicted molar refractivity (Wildman–Crippen MR) is 67.6 cm³/mol. The summed E-state index contributed by atoms with van der Waals surface area (Å²) in [5.41, 5.74) is 3.92. The molecule has 0 atom stereocenters. The summed E-state index contributed by atoms with van der Waals surface area (Å²) >= 11 is 1.30. The van der Waals surface area contributed by atoms with E-state index in [4.69, 9.17) is 5.11 Å². The number of aromatic carboxylic acids is 1. The lowest BCUT2D eigenvalue weighted by Gasteiger charge is -2.05. The third kappa shape index (κ3) is 2.82. The lowest BCUT2D eigenvalue weighted by Crippen LogP contribution is -2.04. The van der Waals surface area contributed by atoms with Gasteiger partial charge in [-0.2, -0.15) is 0 Å². The van der Waals surface area contributed by atoms with Crippen LogP contribution in [-0.2, 0) is 6.54 Å². The van der Waals surface area contributed by atoms with E-state index in [-0.39, 0.29) is 5.69 Å². The van der Waals surface area contributed by atoms with Gasteiger partial charge in [0.15, 0.2) is 5.69 Å². The van der Waals surface area contributed by atoms with Crippen LogP contribution in [0, 0.1) is 6.92 Å². The van der Waals surface area contributed by atoms with Gasteiger partial charge in [0.25, 0.3) is 0 Å². The second-order valence-electron chi connectivity index (χ2n) is 3.68. The molecule has 0 radical (unpaired) electrons. The second-order valence-corrected chi connectivity index (χ2v) is 4.53. The summed E-state index contributed by atoms with van der Waals surface area (Å²) in [5.74, 6) is -1.00. The summed E-state index contributed by atoms with van der Waals surface area (Å²) in [7, 11) is 0. The molecular formula is C12H12N2O2S. The molecule has 1 aromatic heterocycles. The summed E-state index contributed by atoms with van der Waals surface area (Å²) < 4.78 is 0. The molecule has 17 heavy (non-hydrogen) atoms. The van der Waals surface area contributed by atoms with Crippen LogP contribution in [0.5, 0.6) is 0 Å². The molecule has 2 N–H and O–H groups in total. The van der Waals surface area contributed by atoms with Crippen LogP contribution in [0.2, 0.25) is 0 Å². The predicted octanol–water partition coefficient (Wildman–Crippen LogP) is 2.76. The largest absolute Gasteiger partial charge is 0.476 e. The molecule has 0 aliphatic heterocycles. The average Bonchev–Trinajstić information content (AvgIpc) is 2.74. The van der Waals surface area contributed by atoms with Gasteiger partial charge in [-0.25, -0.2) is 9.78 Å². The van der Waals surface area contributed by atoms with Gasteiger partial charge in [0, 0.05) is 6.54 Å². The van der Waals surface area contributed by atoms with E-state index >= 15 is 0 Å². The highest BCUT2D eigenvalue weighted by Crippen LogP contribution is 2.20. The van der Waals surface area contributed by atoms with Gasteiger partial charge >= 0.3 is 5.97 Å². The summed E-state index contributed by atoms with van der Waals surface area (Å²) in [6, 6.07) is 8.08. The first-order valence-corrected chi connectivity index (χ1v) is 6.01. The van der Waals surface area contributed by atoms with Crippen molar-refractivity contribution in [2.45, 2.75) is 13.5 Å². The van der Waals surface area contributed by atoms with E-state index in [1.165, 1.54) is 22.4 Å². The monoisotopic (exact) mass is 248 g/mol. The van der Waals surface area contributed by atoms with E-state index in [9.17, 15) is 4.79 Å². The highest BCUT2D eigenvalue weighted by Gasteiger charge is 2.12. The molecule has 0 spiro atoms. The molecule has 0 aliphatic carbocycles. The maximum absolute atomic E-state index is 10.9. The zero-order valence-corrected chi connectivity index (χ0v) is 10.1. The van der Waals surface area contributed by atoms with Crippen molar-refractivity contribution in [3.8, 4) is 0 Å². The molecule has 4 nitrogen and oxygen atoms in total. The number of anilines is 1. The van der Waals surface area contributed by atoms with Crippen LogP contribution in [0.4, 0.5) is 5.00 Å². The van der Waals surface area contributed by atoms with Crippen molar-refractivity contribution in [1.82, 2.24) is 4.98 Å². The van der Waals surface area contributed by atoms with Crippen molar-refractivity contribution < 1.29 is 9.90 Å². The Morgan fingerprint density at radius 3 is 3.06 bits per heavy atom. The molecule has 0 amide bonds. The smallest absolute Gasteiger partial charge is 0.357 e. The fourth-order valence-corrected chi connectivity index (χ4v) is 2.20. The molecular weight excluding hydrogens is 236 g/mol. The molecule has 1 aromatic carbocycles. The maximum Gasteiger partial charge on any atom is 0.357 e. The Labute approximate surface area is 103 Å². The minimum atomic E-state index is -1.00. The third-order valence-electron chi connectivity index (χ3n) is 2.31. The van der Waals surface area contributed by atoms with E-state index in [1.807, 2.05) is 25.1 Å². The Bertz CT molecular complexity index is 537. The van der Waals surface area contributed by atoms with Gasteiger partial charge in [0.2, 0.25) is 0 Å². The third-order valence-corrected chi connectivity index (χ3v) is 3.09. The van der Waals surface area contributed by atoms with Gasteiger partial charge in [0.05, 0.1) is 5.51 Å². The highest BCUT2D eigenvalue weighted by atomic mass is 32.1. The zero-order valence-electron chi connectivity index (χ0n) is 9.30. The number of thiazole rings is 1. The SMILES string of the molecule is Cc1cccc(CNc2scnc2C(=O)O)c1. The molecule has 2 rings (SSSR count). The Morgan fingerprint density at radius 2 is 2.35 bits per heavy atom. The van der Waals surface area contributed by atoms with Gasteiger partial charge in [-0.05, 0) is 12.5 Å². The number of benzene rings is 1. The first-order valence-electron chi connectivity index (χ1n) is 5.13. The molecule has 0 aliphatic rings. The molecule has 0 saturated carbocycles. The van der Waals surface area contributed by atoms with Crippen molar-refractivity contribution in [3.05, 3.63) is 46.6 Å². The molecule has 2 aromatic rings. The van der Waals surface area contributed by atoms with E-state index in [1.54, 1.807) is 0 Å². The number of carbonyl (C=O) groups is 1. The van der Waals surface area contributed by atoms with E-state index in [2.05, 4.69) is 16.4 Å². The van der Waals surface area contributed by atoms with Gasteiger partial charge in [0.1, 0.15) is 5.00 Å². The van der Waals surface area contributed by atoms with Crippen LogP contribution in [0.25, 0.3) is 0 Å². The van der Waals surface area contributed by atoms with Crippen LogP contribution in [0.1, 0.15) is 21.6 Å². The number of carboxylic acids is 1. The number of hydrogen-bond donors (Lipinski definition) is 2. The molecule has 88 valence electrons. The standard InChI is InChI=1S/C12H12N2O2S/c1-8-3-2-4-9(5-8)6-13-11-10(12(15)16)14-7-17-11/h2-5,7,13H,6H2,1H3,(H,15,16). The lowest BCUT2D eigenvalue weighted by molar-refractivity contribution is 0.0692. The van der Waals surface area contributed by atoms with Crippen molar-refractivity contribution in [2.24, 2.45) is 0 Å². The van der Waals surface area contributed by atoms with Crippen LogP contribution >= 0.6 is 11.3 Å². The van der Waals surface area contributed by atoms with E-state index in [0.29, 0.717) is 11.5 Å². The van der Waals surface area contributed by atoms with Crippen LogP contribution in [-0.4, -0.2) is 16.1 Å². The molecule has 0 fully saturated rings. The van der Waals surface area contributed by atoms with Gasteiger partial charge in [-0.1, -0.05) is 29.8 Å².